The van der Waals surface area contributed by atoms with Crippen molar-refractivity contribution in [3.8, 4) is 0 Å². The molecule has 0 aromatic carbocycles. The number of aromatic amines is 1. The Hall–Kier alpha value is -1.09. The van der Waals surface area contributed by atoms with Crippen LogP contribution in [-0.4, -0.2) is 16.0 Å². The highest BCUT2D eigenvalue weighted by Crippen LogP contribution is 2.47. The molecule has 0 saturated heterocycles. The number of imidazole rings is 1. The van der Waals surface area contributed by atoms with Crippen molar-refractivity contribution in [3.63, 3.8) is 0 Å². The highest BCUT2D eigenvalue weighted by Gasteiger charge is 2.37. The fourth-order valence-corrected chi connectivity index (χ4v) is 3.41. The molecule has 0 unspecified atom stereocenters. The summed E-state index contributed by atoms with van der Waals surface area (Å²) in [5.41, 5.74) is 7.44. The molecular weight excluding hydrogens is 234 g/mol. The fraction of sp³-hybridized carbons (Fsp3) is 0.688. The van der Waals surface area contributed by atoms with Crippen molar-refractivity contribution >= 4 is 0 Å². The third kappa shape index (κ3) is 3.47. The van der Waals surface area contributed by atoms with E-state index >= 15 is 0 Å². The highest BCUT2D eigenvalue weighted by molar-refractivity contribution is 5.20. The predicted molar refractivity (Wildman–Crippen MR) is 77.7 cm³/mol. The molecule has 2 saturated carbocycles. The summed E-state index contributed by atoms with van der Waals surface area (Å²) >= 11 is 0. The van der Waals surface area contributed by atoms with E-state index in [1.807, 2.05) is 6.20 Å². The zero-order chi connectivity index (χ0) is 13.1. The van der Waals surface area contributed by atoms with Crippen molar-refractivity contribution in [2.75, 3.05) is 0 Å². The molecule has 2 aliphatic rings. The number of hydrogen-bond acceptors (Lipinski definition) is 2. The van der Waals surface area contributed by atoms with Gasteiger partial charge in [-0.25, -0.2) is 4.98 Å². The maximum Gasteiger partial charge on any atom is 0.0923 e. The molecule has 0 bridgehead atoms. The standard InChI is InChI=1S/C16H25N3/c17-14(8-12-4-2-1-3-5-12)7-6-13-9-15(13)16-10-18-11-19-16/h6-7,10-15H,1-5,8-9,17H2,(H,18,19)/b7-6+/t13-,14+,15-/m0/s1. The smallest absolute Gasteiger partial charge is 0.0923 e. The Labute approximate surface area is 115 Å². The van der Waals surface area contributed by atoms with E-state index in [0.29, 0.717) is 11.8 Å². The molecule has 1 heterocycles. The van der Waals surface area contributed by atoms with Crippen molar-refractivity contribution < 1.29 is 0 Å². The molecule has 3 nitrogen and oxygen atoms in total. The van der Waals surface area contributed by atoms with E-state index < -0.39 is 0 Å². The molecule has 2 fully saturated rings. The largest absolute Gasteiger partial charge is 0.351 e. The lowest BCUT2D eigenvalue weighted by Gasteiger charge is -2.23. The number of nitrogens with zero attached hydrogens (tertiary/aromatic N) is 1. The Balaban J connectivity index is 1.42. The lowest BCUT2D eigenvalue weighted by atomic mass is 9.85. The van der Waals surface area contributed by atoms with Crippen LogP contribution >= 0.6 is 0 Å². The molecule has 104 valence electrons. The van der Waals surface area contributed by atoms with Gasteiger partial charge >= 0.3 is 0 Å². The first kappa shape index (κ1) is 12.9. The Morgan fingerprint density at radius 2 is 2.21 bits per heavy atom. The molecule has 3 heteroatoms. The average Bonchev–Trinajstić information content (AvgIpc) is 3.00. The number of hydrogen-bond donors (Lipinski definition) is 2. The van der Waals surface area contributed by atoms with Crippen molar-refractivity contribution in [3.05, 3.63) is 30.4 Å². The highest BCUT2D eigenvalue weighted by atomic mass is 14.9. The van der Waals surface area contributed by atoms with Crippen LogP contribution in [0.3, 0.4) is 0 Å². The molecule has 3 atom stereocenters. The minimum absolute atomic E-state index is 0.253. The molecule has 0 radical (unpaired) electrons. The summed E-state index contributed by atoms with van der Waals surface area (Å²) in [4.78, 5) is 7.36. The lowest BCUT2D eigenvalue weighted by Crippen LogP contribution is -2.22. The number of allylic oxidation sites excluding steroid dienone is 1. The van der Waals surface area contributed by atoms with Gasteiger partial charge in [-0.2, -0.15) is 0 Å². The van der Waals surface area contributed by atoms with E-state index in [-0.39, 0.29) is 6.04 Å². The lowest BCUT2D eigenvalue weighted by molar-refractivity contribution is 0.329. The predicted octanol–water partition coefficient (Wildman–Crippen LogP) is 3.37. The number of rotatable bonds is 5. The molecule has 0 spiro atoms. The van der Waals surface area contributed by atoms with Crippen molar-refractivity contribution in [1.82, 2.24) is 9.97 Å². The minimum atomic E-state index is 0.253. The van der Waals surface area contributed by atoms with Crippen LogP contribution in [0.25, 0.3) is 0 Å². The van der Waals surface area contributed by atoms with Gasteiger partial charge in [0, 0.05) is 18.2 Å². The molecule has 1 aromatic heterocycles. The molecule has 19 heavy (non-hydrogen) atoms. The molecule has 3 N–H and O–H groups in total. The summed E-state index contributed by atoms with van der Waals surface area (Å²) in [5, 5.41) is 0. The topological polar surface area (TPSA) is 54.7 Å². The van der Waals surface area contributed by atoms with Crippen LogP contribution in [0.15, 0.2) is 24.7 Å². The van der Waals surface area contributed by atoms with E-state index in [1.165, 1.54) is 50.6 Å². The van der Waals surface area contributed by atoms with E-state index in [4.69, 9.17) is 5.73 Å². The zero-order valence-electron chi connectivity index (χ0n) is 11.6. The normalized spacial score (nSPS) is 29.7. The van der Waals surface area contributed by atoms with Gasteiger partial charge in [0.05, 0.1) is 12.0 Å². The Bertz CT molecular complexity index is 404. The number of aromatic nitrogens is 2. The van der Waals surface area contributed by atoms with Crippen LogP contribution in [0.5, 0.6) is 0 Å². The molecule has 1 aromatic rings. The van der Waals surface area contributed by atoms with Gasteiger partial charge in [0.1, 0.15) is 0 Å². The Kier molecular flexibility index (Phi) is 4.02. The van der Waals surface area contributed by atoms with Crippen molar-refractivity contribution in [2.24, 2.45) is 17.6 Å². The van der Waals surface area contributed by atoms with Gasteiger partial charge in [-0.3, -0.25) is 0 Å². The fourth-order valence-electron chi connectivity index (χ4n) is 3.41. The average molecular weight is 259 g/mol. The summed E-state index contributed by atoms with van der Waals surface area (Å²) in [6.07, 6.45) is 17.8. The summed E-state index contributed by atoms with van der Waals surface area (Å²) in [7, 11) is 0. The molecule has 3 rings (SSSR count). The molecule has 0 aliphatic heterocycles. The first-order valence-electron chi connectivity index (χ1n) is 7.75. The second kappa shape index (κ2) is 5.91. The van der Waals surface area contributed by atoms with Crippen molar-refractivity contribution in [1.29, 1.82) is 0 Å². The maximum atomic E-state index is 6.24. The van der Waals surface area contributed by atoms with Crippen LogP contribution in [0.1, 0.15) is 56.6 Å². The summed E-state index contributed by atoms with van der Waals surface area (Å²) in [6.45, 7) is 0. The number of H-pyrrole nitrogens is 1. The van der Waals surface area contributed by atoms with Gasteiger partial charge < -0.3 is 10.7 Å². The Morgan fingerprint density at radius 3 is 2.95 bits per heavy atom. The van der Waals surface area contributed by atoms with Gasteiger partial charge in [0.25, 0.3) is 0 Å². The first-order valence-corrected chi connectivity index (χ1v) is 7.75. The van der Waals surface area contributed by atoms with Crippen LogP contribution < -0.4 is 5.73 Å². The van der Waals surface area contributed by atoms with Crippen LogP contribution in [0, 0.1) is 11.8 Å². The second-order valence-corrected chi connectivity index (χ2v) is 6.29. The SMILES string of the molecule is N[C@H](/C=C/[C@H]1C[C@@H]1c1c[nH]cn1)CC1CCCCC1. The van der Waals surface area contributed by atoms with Gasteiger partial charge in [-0.1, -0.05) is 44.3 Å². The van der Waals surface area contributed by atoms with Gasteiger partial charge in [0.15, 0.2) is 0 Å². The van der Waals surface area contributed by atoms with Crippen LogP contribution in [0.2, 0.25) is 0 Å². The maximum absolute atomic E-state index is 6.24. The molecule has 0 amide bonds. The minimum Gasteiger partial charge on any atom is -0.351 e. The zero-order valence-corrected chi connectivity index (χ0v) is 11.6. The molecular formula is C16H25N3. The van der Waals surface area contributed by atoms with Gasteiger partial charge in [-0.15, -0.1) is 0 Å². The van der Waals surface area contributed by atoms with E-state index in [1.54, 1.807) is 6.33 Å². The van der Waals surface area contributed by atoms with E-state index in [9.17, 15) is 0 Å². The molecule has 2 aliphatic carbocycles. The van der Waals surface area contributed by atoms with Gasteiger partial charge in [-0.05, 0) is 24.7 Å². The van der Waals surface area contributed by atoms with Crippen molar-refractivity contribution in [2.45, 2.75) is 56.9 Å². The summed E-state index contributed by atoms with van der Waals surface area (Å²) in [5.74, 6) is 2.17. The first-order chi connectivity index (χ1) is 9.33. The number of nitrogens with one attached hydrogen (secondary N) is 1. The quantitative estimate of drug-likeness (QED) is 0.797. The Morgan fingerprint density at radius 1 is 1.37 bits per heavy atom. The van der Waals surface area contributed by atoms with E-state index in [2.05, 4.69) is 22.1 Å². The van der Waals surface area contributed by atoms with Crippen LogP contribution in [0.4, 0.5) is 0 Å². The summed E-state index contributed by atoms with van der Waals surface area (Å²) in [6, 6.07) is 0.253. The summed E-state index contributed by atoms with van der Waals surface area (Å²) < 4.78 is 0. The third-order valence-corrected chi connectivity index (χ3v) is 4.67. The second-order valence-electron chi connectivity index (χ2n) is 6.29. The third-order valence-electron chi connectivity index (χ3n) is 4.67. The number of nitrogens with two attached hydrogens (primary N) is 1. The van der Waals surface area contributed by atoms with Crippen LogP contribution in [-0.2, 0) is 0 Å². The van der Waals surface area contributed by atoms with Gasteiger partial charge in [0.2, 0.25) is 0 Å². The monoisotopic (exact) mass is 259 g/mol. The van der Waals surface area contributed by atoms with E-state index in [0.717, 1.165) is 5.92 Å².